The molecule has 4 heteroatoms. The van der Waals surface area contributed by atoms with Gasteiger partial charge in [0.1, 0.15) is 10.8 Å². The van der Waals surface area contributed by atoms with Gasteiger partial charge in [0.2, 0.25) is 0 Å². The van der Waals surface area contributed by atoms with Crippen molar-refractivity contribution in [2.24, 2.45) is 28.6 Å². The van der Waals surface area contributed by atoms with Crippen LogP contribution in [0.2, 0.25) is 0 Å². The summed E-state index contributed by atoms with van der Waals surface area (Å²) in [6, 6.07) is 8.60. The second kappa shape index (κ2) is 6.75. The number of rotatable bonds is 1. The smallest absolute Gasteiger partial charge is 0.139 e. The Kier molecular flexibility index (Phi) is 4.42. The van der Waals surface area contributed by atoms with Crippen LogP contribution in [-0.4, -0.2) is 10.8 Å². The lowest BCUT2D eigenvalue weighted by Gasteiger charge is -2.59. The second-order valence-corrected chi connectivity index (χ2v) is 12.7. The number of hydrogen-bond acceptors (Lipinski definition) is 3. The first-order valence-electron chi connectivity index (χ1n) is 11.7. The summed E-state index contributed by atoms with van der Waals surface area (Å²) < 4.78 is 1.12. The average molecular weight is 485 g/mol. The zero-order valence-electron chi connectivity index (χ0n) is 17.9. The Hall–Kier alpha value is -1.00. The van der Waals surface area contributed by atoms with Crippen LogP contribution in [0.4, 0.5) is 0 Å². The van der Waals surface area contributed by atoms with Crippen molar-refractivity contribution < 1.29 is 4.79 Å². The summed E-state index contributed by atoms with van der Waals surface area (Å²) in [5, 5.41) is 1.19. The van der Waals surface area contributed by atoms with Crippen molar-refractivity contribution in [1.82, 2.24) is 4.98 Å². The van der Waals surface area contributed by atoms with Gasteiger partial charge in [0.15, 0.2) is 0 Å². The number of benzene rings is 1. The Labute approximate surface area is 192 Å². The van der Waals surface area contributed by atoms with E-state index in [1.807, 2.05) is 11.3 Å². The van der Waals surface area contributed by atoms with Crippen molar-refractivity contribution in [2.75, 3.05) is 0 Å². The Balaban J connectivity index is 1.34. The van der Waals surface area contributed by atoms with Crippen molar-refractivity contribution in [1.29, 1.82) is 0 Å². The van der Waals surface area contributed by atoms with Crippen LogP contribution in [-0.2, 0) is 11.2 Å². The van der Waals surface area contributed by atoms with Gasteiger partial charge in [0.25, 0.3) is 0 Å². The molecule has 3 saturated carbocycles. The highest BCUT2D eigenvalue weighted by Gasteiger charge is 2.60. The molecule has 3 fully saturated rings. The lowest BCUT2D eigenvalue weighted by molar-refractivity contribution is -0.134. The van der Waals surface area contributed by atoms with Crippen molar-refractivity contribution in [3.05, 3.63) is 39.3 Å². The fourth-order valence-corrected chi connectivity index (χ4v) is 9.61. The molecule has 6 rings (SSSR count). The SMILES string of the molecule is C[C@]12CCc3nc(-c4ccc(Br)cc4)sc3[C@@H]1CC[C@@H]1[C@@H]2CC[C@]2(C)C(=O)CC[C@@H]12. The maximum atomic E-state index is 12.7. The molecular weight excluding hydrogens is 454 g/mol. The Morgan fingerprint density at radius 2 is 1.80 bits per heavy atom. The van der Waals surface area contributed by atoms with E-state index in [-0.39, 0.29) is 5.41 Å². The highest BCUT2D eigenvalue weighted by molar-refractivity contribution is 9.10. The van der Waals surface area contributed by atoms with Crippen LogP contribution in [0.3, 0.4) is 0 Å². The number of halogens is 1. The second-order valence-electron chi connectivity index (χ2n) is 10.8. The minimum absolute atomic E-state index is 0.0105. The number of Topliss-reactive ketones (excluding diaryl/α,β-unsaturated/α-hetero) is 1. The zero-order chi connectivity index (χ0) is 20.7. The van der Waals surface area contributed by atoms with Crippen LogP contribution in [0.15, 0.2) is 28.7 Å². The van der Waals surface area contributed by atoms with E-state index in [1.165, 1.54) is 41.9 Å². The molecular formula is C26H30BrNOS. The predicted molar refractivity (Wildman–Crippen MR) is 126 cm³/mol. The summed E-state index contributed by atoms with van der Waals surface area (Å²) in [6.07, 6.45) is 9.35. The fraction of sp³-hybridized carbons (Fsp3) is 0.615. The van der Waals surface area contributed by atoms with Crippen LogP contribution >= 0.6 is 27.3 Å². The molecule has 2 aromatic rings. The van der Waals surface area contributed by atoms with Crippen molar-refractivity contribution in [2.45, 2.75) is 71.1 Å². The number of aromatic nitrogens is 1. The number of thiazole rings is 1. The van der Waals surface area contributed by atoms with Gasteiger partial charge in [-0.05, 0) is 80.2 Å². The first kappa shape index (κ1) is 19.7. The molecule has 1 heterocycles. The Bertz CT molecular complexity index is 1010. The van der Waals surface area contributed by atoms with Crippen LogP contribution in [0.1, 0.15) is 75.3 Å². The predicted octanol–water partition coefficient (Wildman–Crippen LogP) is 7.41. The van der Waals surface area contributed by atoms with Gasteiger partial charge in [-0.1, -0.05) is 41.9 Å². The largest absolute Gasteiger partial charge is 0.299 e. The van der Waals surface area contributed by atoms with E-state index in [4.69, 9.17) is 4.98 Å². The van der Waals surface area contributed by atoms with E-state index in [1.54, 1.807) is 4.88 Å². The normalized spacial score (nSPS) is 39.8. The molecule has 0 unspecified atom stereocenters. The van der Waals surface area contributed by atoms with E-state index in [9.17, 15) is 4.79 Å². The maximum absolute atomic E-state index is 12.7. The average Bonchev–Trinajstić information content (AvgIpc) is 3.29. The molecule has 1 aromatic carbocycles. The van der Waals surface area contributed by atoms with Gasteiger partial charge in [-0.15, -0.1) is 11.3 Å². The molecule has 0 aliphatic heterocycles. The van der Waals surface area contributed by atoms with Gasteiger partial charge in [-0.25, -0.2) is 4.98 Å². The molecule has 6 atom stereocenters. The third-order valence-corrected chi connectivity index (χ3v) is 11.4. The Morgan fingerprint density at radius 1 is 1.00 bits per heavy atom. The van der Waals surface area contributed by atoms with Crippen LogP contribution < -0.4 is 0 Å². The first-order valence-corrected chi connectivity index (χ1v) is 13.3. The minimum Gasteiger partial charge on any atom is -0.299 e. The summed E-state index contributed by atoms with van der Waals surface area (Å²) >= 11 is 5.51. The van der Waals surface area contributed by atoms with E-state index < -0.39 is 0 Å². The lowest BCUT2D eigenvalue weighted by Crippen LogP contribution is -2.52. The Morgan fingerprint density at radius 3 is 2.60 bits per heavy atom. The van der Waals surface area contributed by atoms with E-state index in [0.717, 1.165) is 42.0 Å². The molecule has 0 radical (unpaired) electrons. The van der Waals surface area contributed by atoms with Crippen molar-refractivity contribution in [3.8, 4) is 10.6 Å². The number of carbonyl (C=O) groups excluding carboxylic acids is 1. The standard InChI is InChI=1S/C26H30BrNOS/c1-25-14-12-21-23(30-24(28-21)15-3-5-16(27)6-4-15)20(25)8-7-17-18-9-10-22(29)26(18,2)13-11-19(17)25/h3-6,17-20H,7-14H2,1-2H3/t17-,18-,19-,20-,25+,26-/m0/s1. The summed E-state index contributed by atoms with van der Waals surface area (Å²) in [5.74, 6) is 3.41. The van der Waals surface area contributed by atoms with Gasteiger partial charge in [-0.2, -0.15) is 0 Å². The van der Waals surface area contributed by atoms with Gasteiger partial charge in [-0.3, -0.25) is 4.79 Å². The minimum atomic E-state index is -0.0105. The molecule has 2 nitrogen and oxygen atoms in total. The molecule has 0 saturated heterocycles. The number of hydrogen-bond donors (Lipinski definition) is 0. The molecule has 1 aromatic heterocycles. The number of ketones is 1. The van der Waals surface area contributed by atoms with E-state index >= 15 is 0 Å². The fourth-order valence-electron chi connectivity index (χ4n) is 7.94. The van der Waals surface area contributed by atoms with Gasteiger partial charge in [0, 0.05) is 32.7 Å². The van der Waals surface area contributed by atoms with E-state index in [0.29, 0.717) is 23.0 Å². The number of carbonyl (C=O) groups is 1. The van der Waals surface area contributed by atoms with Gasteiger partial charge < -0.3 is 0 Å². The highest BCUT2D eigenvalue weighted by Crippen LogP contribution is 2.67. The zero-order valence-corrected chi connectivity index (χ0v) is 20.3. The van der Waals surface area contributed by atoms with Crippen LogP contribution in [0.25, 0.3) is 10.6 Å². The summed E-state index contributed by atoms with van der Waals surface area (Å²) in [7, 11) is 0. The number of aryl methyl sites for hydroxylation is 1. The lowest BCUT2D eigenvalue weighted by atomic mass is 9.46. The summed E-state index contributed by atoms with van der Waals surface area (Å²) in [5.41, 5.74) is 2.98. The third-order valence-electron chi connectivity index (χ3n) is 9.61. The van der Waals surface area contributed by atoms with Crippen LogP contribution in [0, 0.1) is 28.6 Å². The highest BCUT2D eigenvalue weighted by atomic mass is 79.9. The van der Waals surface area contributed by atoms with Crippen molar-refractivity contribution >= 4 is 33.0 Å². The molecule has 30 heavy (non-hydrogen) atoms. The van der Waals surface area contributed by atoms with Gasteiger partial charge in [0.05, 0.1) is 5.69 Å². The van der Waals surface area contributed by atoms with Crippen LogP contribution in [0.5, 0.6) is 0 Å². The third kappa shape index (κ3) is 2.65. The molecule has 0 bridgehead atoms. The summed E-state index contributed by atoms with van der Waals surface area (Å²) in [6.45, 7) is 4.89. The molecule has 0 N–H and O–H groups in total. The first-order chi connectivity index (χ1) is 14.4. The monoisotopic (exact) mass is 483 g/mol. The molecule has 158 valence electrons. The summed E-state index contributed by atoms with van der Waals surface area (Å²) in [4.78, 5) is 19.4. The molecule has 4 aliphatic carbocycles. The number of fused-ring (bicyclic) bond motifs is 7. The molecule has 0 spiro atoms. The van der Waals surface area contributed by atoms with E-state index in [2.05, 4.69) is 54.0 Å². The maximum Gasteiger partial charge on any atom is 0.139 e. The van der Waals surface area contributed by atoms with Gasteiger partial charge >= 0.3 is 0 Å². The topological polar surface area (TPSA) is 30.0 Å². The number of nitrogens with zero attached hydrogens (tertiary/aromatic N) is 1. The molecule has 4 aliphatic rings. The van der Waals surface area contributed by atoms with Crippen molar-refractivity contribution in [3.63, 3.8) is 0 Å². The molecule has 0 amide bonds. The quantitative estimate of drug-likeness (QED) is 0.422.